The zero-order valence-electron chi connectivity index (χ0n) is 10.5. The summed E-state index contributed by atoms with van der Waals surface area (Å²) in [6.07, 6.45) is 0.896. The Morgan fingerprint density at radius 3 is 2.42 bits per heavy atom. The van der Waals surface area contributed by atoms with Gasteiger partial charge in [-0.2, -0.15) is 0 Å². The molecule has 0 saturated carbocycles. The Morgan fingerprint density at radius 2 is 1.79 bits per heavy atom. The monoisotopic (exact) mass is 295 g/mol. The average molecular weight is 296 g/mol. The van der Waals surface area contributed by atoms with E-state index < -0.39 is 0 Å². The molecule has 0 aromatic heterocycles. The first-order valence-electron chi connectivity index (χ1n) is 6.10. The molecule has 0 bridgehead atoms. The number of benzene rings is 2. The predicted octanol–water partition coefficient (Wildman–Crippen LogP) is 5.26. The van der Waals surface area contributed by atoms with Crippen molar-refractivity contribution in [3.8, 4) is 5.75 Å². The molecule has 4 heteroatoms. The largest absolute Gasteiger partial charge is 0.508 e. The van der Waals surface area contributed by atoms with Gasteiger partial charge in [0, 0.05) is 5.02 Å². The fraction of sp³-hybridized carbons (Fsp3) is 0.200. The zero-order chi connectivity index (χ0) is 13.8. The van der Waals surface area contributed by atoms with Gasteiger partial charge in [-0.3, -0.25) is 0 Å². The summed E-state index contributed by atoms with van der Waals surface area (Å²) in [5.74, 6) is 0.263. The van der Waals surface area contributed by atoms with E-state index in [2.05, 4.69) is 12.2 Å². The van der Waals surface area contributed by atoms with Crippen LogP contribution in [0.2, 0.25) is 10.0 Å². The number of hydrogen-bond donors (Lipinski definition) is 2. The maximum absolute atomic E-state index is 9.32. The number of aromatic hydroxyl groups is 1. The number of rotatable bonds is 4. The summed E-state index contributed by atoms with van der Waals surface area (Å²) in [7, 11) is 0. The van der Waals surface area contributed by atoms with Crippen molar-refractivity contribution in [2.24, 2.45) is 0 Å². The van der Waals surface area contributed by atoms with E-state index in [1.807, 2.05) is 18.2 Å². The van der Waals surface area contributed by atoms with Gasteiger partial charge in [-0.15, -0.1) is 0 Å². The van der Waals surface area contributed by atoms with E-state index in [1.54, 1.807) is 24.3 Å². The van der Waals surface area contributed by atoms with E-state index in [-0.39, 0.29) is 11.8 Å². The molecule has 0 fully saturated rings. The molecule has 2 N–H and O–H groups in total. The Kier molecular flexibility index (Phi) is 4.56. The summed E-state index contributed by atoms with van der Waals surface area (Å²) >= 11 is 12.1. The molecule has 0 aliphatic heterocycles. The fourth-order valence-corrected chi connectivity index (χ4v) is 2.27. The van der Waals surface area contributed by atoms with E-state index in [0.29, 0.717) is 10.0 Å². The Morgan fingerprint density at radius 1 is 1.11 bits per heavy atom. The zero-order valence-corrected chi connectivity index (χ0v) is 12.0. The molecular formula is C15H15Cl2NO. The van der Waals surface area contributed by atoms with Gasteiger partial charge in [0.2, 0.25) is 0 Å². The first-order valence-corrected chi connectivity index (χ1v) is 6.86. The summed E-state index contributed by atoms with van der Waals surface area (Å²) in [5.41, 5.74) is 1.91. The predicted molar refractivity (Wildman–Crippen MR) is 81.2 cm³/mol. The van der Waals surface area contributed by atoms with E-state index in [4.69, 9.17) is 23.2 Å². The molecule has 2 nitrogen and oxygen atoms in total. The highest BCUT2D eigenvalue weighted by molar-refractivity contribution is 6.35. The minimum atomic E-state index is 0.122. The van der Waals surface area contributed by atoms with Crippen LogP contribution in [0.3, 0.4) is 0 Å². The third kappa shape index (κ3) is 3.55. The van der Waals surface area contributed by atoms with Crippen LogP contribution in [0.4, 0.5) is 5.69 Å². The van der Waals surface area contributed by atoms with Gasteiger partial charge >= 0.3 is 0 Å². The molecule has 2 aromatic carbocycles. The lowest BCUT2D eigenvalue weighted by Crippen LogP contribution is -2.09. The highest BCUT2D eigenvalue weighted by Gasteiger charge is 2.11. The van der Waals surface area contributed by atoms with Gasteiger partial charge < -0.3 is 10.4 Å². The van der Waals surface area contributed by atoms with Crippen LogP contribution < -0.4 is 5.32 Å². The van der Waals surface area contributed by atoms with Crippen LogP contribution in [0, 0.1) is 0 Å². The van der Waals surface area contributed by atoms with E-state index in [1.165, 1.54) is 0 Å². The Hall–Kier alpha value is -1.38. The lowest BCUT2D eigenvalue weighted by Gasteiger charge is -2.20. The molecule has 1 unspecified atom stereocenters. The van der Waals surface area contributed by atoms with E-state index in [9.17, 15) is 5.11 Å². The highest BCUT2D eigenvalue weighted by atomic mass is 35.5. The molecule has 0 saturated heterocycles. The third-order valence-corrected chi connectivity index (χ3v) is 3.53. The van der Waals surface area contributed by atoms with Crippen molar-refractivity contribution in [1.82, 2.24) is 0 Å². The minimum absolute atomic E-state index is 0.122. The molecule has 100 valence electrons. The normalized spacial score (nSPS) is 12.2. The Balaban J connectivity index is 2.23. The number of phenolic OH excluding ortho intramolecular Hbond substituents is 1. The molecule has 0 spiro atoms. The molecule has 0 amide bonds. The first-order chi connectivity index (χ1) is 9.10. The van der Waals surface area contributed by atoms with E-state index >= 15 is 0 Å². The standard InChI is InChI=1S/C15H15Cl2NO/c1-2-14(10-3-6-12(19)7-4-10)18-15-9-11(16)5-8-13(15)17/h3-9,14,18-19H,2H2,1H3. The van der Waals surface area contributed by atoms with Crippen molar-refractivity contribution >= 4 is 28.9 Å². The third-order valence-electron chi connectivity index (χ3n) is 2.96. The molecule has 2 aromatic rings. The highest BCUT2D eigenvalue weighted by Crippen LogP contribution is 2.30. The number of nitrogens with one attached hydrogen (secondary N) is 1. The molecule has 1 atom stereocenters. The molecule has 19 heavy (non-hydrogen) atoms. The van der Waals surface area contributed by atoms with Crippen LogP contribution in [0.25, 0.3) is 0 Å². The van der Waals surface area contributed by atoms with Gasteiger partial charge in [-0.05, 0) is 42.3 Å². The van der Waals surface area contributed by atoms with Crippen LogP contribution >= 0.6 is 23.2 Å². The molecule has 0 heterocycles. The van der Waals surface area contributed by atoms with Crippen molar-refractivity contribution in [3.05, 3.63) is 58.1 Å². The van der Waals surface area contributed by atoms with Gasteiger partial charge in [-0.1, -0.05) is 42.3 Å². The quantitative estimate of drug-likeness (QED) is 0.806. The van der Waals surface area contributed by atoms with Gasteiger partial charge in [0.1, 0.15) is 5.75 Å². The van der Waals surface area contributed by atoms with Crippen LogP contribution in [0.1, 0.15) is 24.9 Å². The molecule has 0 radical (unpaired) electrons. The topological polar surface area (TPSA) is 32.3 Å². The molecule has 2 rings (SSSR count). The van der Waals surface area contributed by atoms with Gasteiger partial charge in [0.05, 0.1) is 16.8 Å². The van der Waals surface area contributed by atoms with Crippen molar-refractivity contribution in [2.75, 3.05) is 5.32 Å². The number of hydrogen-bond acceptors (Lipinski definition) is 2. The summed E-state index contributed by atoms with van der Waals surface area (Å²) in [6, 6.07) is 12.6. The first kappa shape index (κ1) is 14.0. The summed E-state index contributed by atoms with van der Waals surface area (Å²) in [5, 5.41) is 14.0. The number of phenols is 1. The fourth-order valence-electron chi connectivity index (χ4n) is 1.92. The summed E-state index contributed by atoms with van der Waals surface area (Å²) < 4.78 is 0. The van der Waals surface area contributed by atoms with Crippen LogP contribution in [0.15, 0.2) is 42.5 Å². The van der Waals surface area contributed by atoms with Crippen molar-refractivity contribution in [3.63, 3.8) is 0 Å². The van der Waals surface area contributed by atoms with Crippen molar-refractivity contribution in [2.45, 2.75) is 19.4 Å². The number of halogens is 2. The lowest BCUT2D eigenvalue weighted by molar-refractivity contribution is 0.475. The summed E-state index contributed by atoms with van der Waals surface area (Å²) in [4.78, 5) is 0. The average Bonchev–Trinajstić information content (AvgIpc) is 2.41. The minimum Gasteiger partial charge on any atom is -0.508 e. The second-order valence-corrected chi connectivity index (χ2v) is 5.16. The second kappa shape index (κ2) is 6.18. The van der Waals surface area contributed by atoms with Crippen molar-refractivity contribution < 1.29 is 5.11 Å². The van der Waals surface area contributed by atoms with Gasteiger partial charge in [0.15, 0.2) is 0 Å². The SMILES string of the molecule is CCC(Nc1cc(Cl)ccc1Cl)c1ccc(O)cc1. The van der Waals surface area contributed by atoms with Gasteiger partial charge in [0.25, 0.3) is 0 Å². The van der Waals surface area contributed by atoms with Crippen molar-refractivity contribution in [1.29, 1.82) is 0 Å². The molecular weight excluding hydrogens is 281 g/mol. The lowest BCUT2D eigenvalue weighted by atomic mass is 10.0. The van der Waals surface area contributed by atoms with Gasteiger partial charge in [-0.25, -0.2) is 0 Å². The van der Waals surface area contributed by atoms with Crippen LogP contribution in [-0.2, 0) is 0 Å². The maximum Gasteiger partial charge on any atom is 0.115 e. The van der Waals surface area contributed by atoms with Crippen LogP contribution in [-0.4, -0.2) is 5.11 Å². The van der Waals surface area contributed by atoms with E-state index in [0.717, 1.165) is 17.7 Å². The molecule has 0 aliphatic carbocycles. The number of anilines is 1. The van der Waals surface area contributed by atoms with Crippen LogP contribution in [0.5, 0.6) is 5.75 Å². The Labute approximate surface area is 123 Å². The molecule has 0 aliphatic rings. The maximum atomic E-state index is 9.32. The second-order valence-electron chi connectivity index (χ2n) is 4.32. The summed E-state index contributed by atoms with van der Waals surface area (Å²) in [6.45, 7) is 2.09. The Bertz CT molecular complexity index is 555. The smallest absolute Gasteiger partial charge is 0.115 e.